The fraction of sp³-hybridized carbons (Fsp3) is 0.333. The molecule has 144 valence electrons. The van der Waals surface area contributed by atoms with Gasteiger partial charge in [-0.1, -0.05) is 42.0 Å². The molecule has 27 heavy (non-hydrogen) atoms. The second kappa shape index (κ2) is 9.73. The van der Waals surface area contributed by atoms with E-state index in [0.29, 0.717) is 18.9 Å². The van der Waals surface area contributed by atoms with Gasteiger partial charge in [-0.05, 0) is 38.0 Å². The molecule has 0 heterocycles. The van der Waals surface area contributed by atoms with Crippen LogP contribution >= 0.6 is 0 Å². The average Bonchev–Trinajstić information content (AvgIpc) is 2.67. The standard InChI is InChI=1S/C21H27N3O3/c1-4-27-19-9-8-14(2)10-18(19)15(3)24-21(26)20(25)23-13-17-7-5-6-16(11-17)12-22/h5-11,15H,4,12-13,22H2,1-3H3,(H,23,25)(H,24,26). The minimum absolute atomic E-state index is 0.267. The first kappa shape index (κ1) is 20.5. The van der Waals surface area contributed by atoms with Gasteiger partial charge in [0.15, 0.2) is 0 Å². The lowest BCUT2D eigenvalue weighted by Crippen LogP contribution is -2.40. The molecule has 2 aromatic rings. The lowest BCUT2D eigenvalue weighted by molar-refractivity contribution is -0.139. The second-order valence-corrected chi connectivity index (χ2v) is 6.38. The molecule has 0 saturated heterocycles. The van der Waals surface area contributed by atoms with Gasteiger partial charge in [0.2, 0.25) is 0 Å². The predicted molar refractivity (Wildman–Crippen MR) is 105 cm³/mol. The summed E-state index contributed by atoms with van der Waals surface area (Å²) in [6.07, 6.45) is 0. The van der Waals surface area contributed by atoms with Crippen molar-refractivity contribution in [2.24, 2.45) is 5.73 Å². The third kappa shape index (κ3) is 5.82. The van der Waals surface area contributed by atoms with E-state index < -0.39 is 11.8 Å². The molecule has 0 radical (unpaired) electrons. The largest absolute Gasteiger partial charge is 0.494 e. The molecule has 1 unspecified atom stereocenters. The van der Waals surface area contributed by atoms with Gasteiger partial charge in [0.05, 0.1) is 12.6 Å². The van der Waals surface area contributed by atoms with Crippen LogP contribution in [0.1, 0.15) is 42.1 Å². The quantitative estimate of drug-likeness (QED) is 0.653. The predicted octanol–water partition coefficient (Wildman–Crippen LogP) is 2.35. The van der Waals surface area contributed by atoms with E-state index in [0.717, 1.165) is 22.3 Å². The Morgan fingerprint density at radius 2 is 1.85 bits per heavy atom. The van der Waals surface area contributed by atoms with Crippen molar-refractivity contribution in [2.75, 3.05) is 6.61 Å². The number of nitrogens with two attached hydrogens (primary N) is 1. The van der Waals surface area contributed by atoms with Crippen molar-refractivity contribution in [3.05, 3.63) is 64.7 Å². The van der Waals surface area contributed by atoms with Crippen molar-refractivity contribution in [1.29, 1.82) is 0 Å². The first-order valence-corrected chi connectivity index (χ1v) is 9.04. The topological polar surface area (TPSA) is 93.4 Å². The molecule has 0 aliphatic carbocycles. The molecular formula is C21H27N3O3. The summed E-state index contributed by atoms with van der Waals surface area (Å²) < 4.78 is 5.62. The first-order valence-electron chi connectivity index (χ1n) is 9.04. The Morgan fingerprint density at radius 1 is 1.11 bits per heavy atom. The molecule has 4 N–H and O–H groups in total. The Bertz CT molecular complexity index is 805. The summed E-state index contributed by atoms with van der Waals surface area (Å²) in [7, 11) is 0. The number of hydrogen-bond acceptors (Lipinski definition) is 4. The maximum absolute atomic E-state index is 12.2. The fourth-order valence-corrected chi connectivity index (χ4v) is 2.76. The fourth-order valence-electron chi connectivity index (χ4n) is 2.76. The molecule has 0 aliphatic rings. The minimum atomic E-state index is -0.679. The molecule has 0 aromatic heterocycles. The Labute approximate surface area is 160 Å². The zero-order chi connectivity index (χ0) is 19.8. The Hall–Kier alpha value is -2.86. The van der Waals surface area contributed by atoms with Crippen LogP contribution in [0, 0.1) is 6.92 Å². The number of hydrogen-bond donors (Lipinski definition) is 3. The number of benzene rings is 2. The second-order valence-electron chi connectivity index (χ2n) is 6.38. The summed E-state index contributed by atoms with van der Waals surface area (Å²) in [5.74, 6) is -0.651. The van der Waals surface area contributed by atoms with Crippen molar-refractivity contribution >= 4 is 11.8 Å². The number of carbonyl (C=O) groups excluding carboxylic acids is 2. The van der Waals surface area contributed by atoms with Crippen LogP contribution in [0.4, 0.5) is 0 Å². The van der Waals surface area contributed by atoms with Crippen LogP contribution in [0.2, 0.25) is 0 Å². The molecule has 2 aromatic carbocycles. The SMILES string of the molecule is CCOc1ccc(C)cc1C(C)NC(=O)C(=O)NCc1cccc(CN)c1. The molecule has 0 saturated carbocycles. The van der Waals surface area contributed by atoms with Gasteiger partial charge in [-0.2, -0.15) is 0 Å². The van der Waals surface area contributed by atoms with Gasteiger partial charge in [0.25, 0.3) is 0 Å². The van der Waals surface area contributed by atoms with E-state index in [1.54, 1.807) is 0 Å². The van der Waals surface area contributed by atoms with Crippen molar-refractivity contribution < 1.29 is 14.3 Å². The molecule has 2 amide bonds. The molecule has 0 spiro atoms. The van der Waals surface area contributed by atoms with Gasteiger partial charge in [-0.3, -0.25) is 9.59 Å². The Morgan fingerprint density at radius 3 is 2.56 bits per heavy atom. The molecule has 2 rings (SSSR count). The summed E-state index contributed by atoms with van der Waals surface area (Å²) in [6, 6.07) is 13.0. The Kier molecular flexibility index (Phi) is 7.37. The van der Waals surface area contributed by atoms with Crippen LogP contribution in [0.3, 0.4) is 0 Å². The number of aryl methyl sites for hydroxylation is 1. The van der Waals surface area contributed by atoms with Gasteiger partial charge < -0.3 is 21.1 Å². The van der Waals surface area contributed by atoms with Gasteiger partial charge >= 0.3 is 11.8 Å². The third-order valence-electron chi connectivity index (χ3n) is 4.17. The zero-order valence-corrected chi connectivity index (χ0v) is 16.0. The first-order chi connectivity index (χ1) is 12.9. The highest BCUT2D eigenvalue weighted by molar-refractivity contribution is 6.35. The van der Waals surface area contributed by atoms with Crippen LogP contribution in [0.25, 0.3) is 0 Å². The molecule has 6 nitrogen and oxygen atoms in total. The molecular weight excluding hydrogens is 342 g/mol. The van der Waals surface area contributed by atoms with E-state index >= 15 is 0 Å². The lowest BCUT2D eigenvalue weighted by Gasteiger charge is -2.18. The number of rotatable bonds is 7. The van der Waals surface area contributed by atoms with Crippen molar-refractivity contribution in [1.82, 2.24) is 10.6 Å². The zero-order valence-electron chi connectivity index (χ0n) is 16.0. The van der Waals surface area contributed by atoms with Crippen LogP contribution in [0.5, 0.6) is 5.75 Å². The van der Waals surface area contributed by atoms with E-state index in [4.69, 9.17) is 10.5 Å². The molecule has 0 aliphatic heterocycles. The van der Waals surface area contributed by atoms with E-state index in [9.17, 15) is 9.59 Å². The molecule has 1 atom stereocenters. The van der Waals surface area contributed by atoms with Gasteiger partial charge in [-0.25, -0.2) is 0 Å². The number of carbonyl (C=O) groups is 2. The van der Waals surface area contributed by atoms with E-state index in [1.807, 2.05) is 63.2 Å². The third-order valence-corrected chi connectivity index (χ3v) is 4.17. The van der Waals surface area contributed by atoms with Crippen LogP contribution < -0.4 is 21.1 Å². The van der Waals surface area contributed by atoms with Crippen molar-refractivity contribution in [3.8, 4) is 5.75 Å². The number of nitrogens with one attached hydrogen (secondary N) is 2. The molecule has 0 fully saturated rings. The number of amides is 2. The maximum Gasteiger partial charge on any atom is 0.309 e. The number of ether oxygens (including phenoxy) is 1. The monoisotopic (exact) mass is 369 g/mol. The normalized spacial score (nSPS) is 11.6. The summed E-state index contributed by atoms with van der Waals surface area (Å²) in [5.41, 5.74) is 9.38. The summed E-state index contributed by atoms with van der Waals surface area (Å²) in [5, 5.41) is 5.36. The summed E-state index contributed by atoms with van der Waals surface area (Å²) in [4.78, 5) is 24.4. The highest BCUT2D eigenvalue weighted by Crippen LogP contribution is 2.26. The summed E-state index contributed by atoms with van der Waals surface area (Å²) >= 11 is 0. The lowest BCUT2D eigenvalue weighted by atomic mass is 10.0. The summed E-state index contributed by atoms with van der Waals surface area (Å²) in [6.45, 7) is 6.92. The van der Waals surface area contributed by atoms with E-state index in [-0.39, 0.29) is 12.6 Å². The Balaban J connectivity index is 1.97. The van der Waals surface area contributed by atoms with E-state index in [1.165, 1.54) is 0 Å². The van der Waals surface area contributed by atoms with Gasteiger partial charge in [0.1, 0.15) is 5.75 Å². The van der Waals surface area contributed by atoms with Crippen molar-refractivity contribution in [3.63, 3.8) is 0 Å². The van der Waals surface area contributed by atoms with Gasteiger partial charge in [-0.15, -0.1) is 0 Å². The molecule has 6 heteroatoms. The minimum Gasteiger partial charge on any atom is -0.494 e. The molecule has 0 bridgehead atoms. The maximum atomic E-state index is 12.2. The van der Waals surface area contributed by atoms with Crippen LogP contribution in [-0.4, -0.2) is 18.4 Å². The smallest absolute Gasteiger partial charge is 0.309 e. The van der Waals surface area contributed by atoms with Crippen LogP contribution in [-0.2, 0) is 22.7 Å². The highest BCUT2D eigenvalue weighted by atomic mass is 16.5. The van der Waals surface area contributed by atoms with Gasteiger partial charge in [0, 0.05) is 18.7 Å². The van der Waals surface area contributed by atoms with E-state index in [2.05, 4.69) is 10.6 Å². The highest BCUT2D eigenvalue weighted by Gasteiger charge is 2.19. The van der Waals surface area contributed by atoms with Crippen molar-refractivity contribution in [2.45, 2.75) is 39.9 Å². The van der Waals surface area contributed by atoms with Crippen LogP contribution in [0.15, 0.2) is 42.5 Å². The average molecular weight is 369 g/mol.